The van der Waals surface area contributed by atoms with Crippen LogP contribution in [0.3, 0.4) is 0 Å². The van der Waals surface area contributed by atoms with Gasteiger partial charge in [0.05, 0.1) is 23.4 Å². The number of nitrogens with zero attached hydrogens (tertiary/aromatic N) is 1. The maximum absolute atomic E-state index is 6.28. The first-order valence-corrected chi connectivity index (χ1v) is 9.65. The minimum absolute atomic E-state index is 0.695. The minimum Gasteiger partial charge on any atom is -0.491 e. The van der Waals surface area contributed by atoms with Gasteiger partial charge in [-0.15, -0.1) is 0 Å². The van der Waals surface area contributed by atoms with Gasteiger partial charge in [0.25, 0.3) is 0 Å². The van der Waals surface area contributed by atoms with E-state index in [1.54, 1.807) is 0 Å². The summed E-state index contributed by atoms with van der Waals surface area (Å²) < 4.78 is 18.7. The smallest absolute Gasteiger partial charge is 0.249 e. The predicted molar refractivity (Wildman–Crippen MR) is 110 cm³/mol. The van der Waals surface area contributed by atoms with Crippen LogP contribution in [0.4, 0.5) is 17.3 Å². The van der Waals surface area contributed by atoms with E-state index in [4.69, 9.17) is 13.9 Å². The maximum atomic E-state index is 6.28. The molecule has 4 nitrogen and oxygen atoms in total. The summed E-state index contributed by atoms with van der Waals surface area (Å²) in [4.78, 5) is 2.14. The topological polar surface area (TPSA) is 34.8 Å². The molecule has 0 spiro atoms. The van der Waals surface area contributed by atoms with E-state index in [0.29, 0.717) is 5.88 Å². The second-order valence-corrected chi connectivity index (χ2v) is 7.30. The van der Waals surface area contributed by atoms with Crippen LogP contribution >= 0.6 is 0 Å². The molecule has 2 aliphatic heterocycles. The molecule has 0 amide bonds. The quantitative estimate of drug-likeness (QED) is 0.332. The van der Waals surface area contributed by atoms with Crippen molar-refractivity contribution < 1.29 is 13.9 Å². The molecular formula is C24H19NO3. The van der Waals surface area contributed by atoms with Gasteiger partial charge < -0.3 is 13.9 Å². The molecule has 0 atom stereocenters. The minimum atomic E-state index is 0.695. The van der Waals surface area contributed by atoms with Gasteiger partial charge in [-0.05, 0) is 61.2 Å². The number of para-hydroxylation sites is 3. The Balaban J connectivity index is 1.66. The Morgan fingerprint density at radius 1 is 0.857 bits per heavy atom. The van der Waals surface area contributed by atoms with Crippen LogP contribution in [0.25, 0.3) is 11.0 Å². The van der Waals surface area contributed by atoms with Crippen molar-refractivity contribution in [2.24, 2.45) is 0 Å². The number of aryl methyl sites for hydroxylation is 1. The van der Waals surface area contributed by atoms with Gasteiger partial charge in [-0.2, -0.15) is 0 Å². The zero-order valence-corrected chi connectivity index (χ0v) is 15.6. The van der Waals surface area contributed by atoms with Crippen molar-refractivity contribution in [3.63, 3.8) is 0 Å². The largest absolute Gasteiger partial charge is 0.491 e. The molecule has 3 aromatic carbocycles. The summed E-state index contributed by atoms with van der Waals surface area (Å²) in [5.74, 6) is 3.21. The molecule has 0 aliphatic carbocycles. The summed E-state index contributed by atoms with van der Waals surface area (Å²) >= 11 is 0. The lowest BCUT2D eigenvalue weighted by Gasteiger charge is -2.32. The van der Waals surface area contributed by atoms with E-state index in [2.05, 4.69) is 30.0 Å². The number of benzene rings is 3. The van der Waals surface area contributed by atoms with Gasteiger partial charge in [0, 0.05) is 0 Å². The molecule has 0 unspecified atom stereocenters. The van der Waals surface area contributed by atoms with Crippen LogP contribution in [0, 0.1) is 6.92 Å². The number of furan rings is 1. The van der Waals surface area contributed by atoms with Crippen molar-refractivity contribution in [3.8, 4) is 17.2 Å². The lowest BCUT2D eigenvalue weighted by Crippen LogP contribution is -2.18. The van der Waals surface area contributed by atoms with Crippen LogP contribution in [0.1, 0.15) is 17.5 Å². The number of anilines is 3. The molecule has 0 bridgehead atoms. The second-order valence-electron chi connectivity index (χ2n) is 7.30. The van der Waals surface area contributed by atoms with E-state index in [0.717, 1.165) is 59.0 Å². The van der Waals surface area contributed by atoms with Gasteiger partial charge in [-0.3, -0.25) is 4.90 Å². The Hall–Kier alpha value is -3.40. The summed E-state index contributed by atoms with van der Waals surface area (Å²) in [7, 11) is 0. The van der Waals surface area contributed by atoms with Crippen molar-refractivity contribution in [2.75, 3.05) is 11.5 Å². The number of hydrogen-bond donors (Lipinski definition) is 0. The zero-order valence-electron chi connectivity index (χ0n) is 15.6. The molecule has 0 saturated carbocycles. The van der Waals surface area contributed by atoms with Crippen LogP contribution in [0.2, 0.25) is 0 Å². The highest BCUT2D eigenvalue weighted by Gasteiger charge is 2.34. The molecule has 0 fully saturated rings. The predicted octanol–water partition coefficient (Wildman–Crippen LogP) is 6.64. The molecule has 28 heavy (non-hydrogen) atoms. The lowest BCUT2D eigenvalue weighted by molar-refractivity contribution is 0.288. The van der Waals surface area contributed by atoms with Crippen LogP contribution in [0.5, 0.6) is 17.2 Å². The summed E-state index contributed by atoms with van der Waals surface area (Å²) in [6.07, 6.45) is 2.08. The summed E-state index contributed by atoms with van der Waals surface area (Å²) in [6.45, 7) is 2.89. The molecule has 4 heteroatoms. The molecule has 0 N–H and O–H groups in total. The van der Waals surface area contributed by atoms with Crippen molar-refractivity contribution in [2.45, 2.75) is 19.8 Å². The highest BCUT2D eigenvalue weighted by Crippen LogP contribution is 2.56. The Morgan fingerprint density at radius 3 is 2.68 bits per heavy atom. The fourth-order valence-corrected chi connectivity index (χ4v) is 4.23. The lowest BCUT2D eigenvalue weighted by atomic mass is 9.99. The van der Waals surface area contributed by atoms with E-state index in [1.165, 1.54) is 11.1 Å². The van der Waals surface area contributed by atoms with Gasteiger partial charge in [0.15, 0.2) is 11.5 Å². The van der Waals surface area contributed by atoms with Crippen LogP contribution in [0.15, 0.2) is 65.1 Å². The van der Waals surface area contributed by atoms with Gasteiger partial charge in [0.2, 0.25) is 5.88 Å². The third kappa shape index (κ3) is 2.12. The van der Waals surface area contributed by atoms with Gasteiger partial charge in [-0.25, -0.2) is 0 Å². The molecule has 1 aromatic heterocycles. The monoisotopic (exact) mass is 369 g/mol. The SMILES string of the molecule is Cc1ccc(N2c3ccccc3Oc3c2oc2ccccc32)c2c1CCCO2. The van der Waals surface area contributed by atoms with Gasteiger partial charge >= 0.3 is 0 Å². The second kappa shape index (κ2) is 5.80. The summed E-state index contributed by atoms with van der Waals surface area (Å²) in [5, 5.41) is 0.971. The van der Waals surface area contributed by atoms with E-state index in [1.807, 2.05) is 42.5 Å². The fraction of sp³-hybridized carbons (Fsp3) is 0.167. The molecule has 4 aromatic rings. The van der Waals surface area contributed by atoms with Crippen LogP contribution in [-0.2, 0) is 6.42 Å². The highest BCUT2D eigenvalue weighted by molar-refractivity contribution is 5.97. The summed E-state index contributed by atoms with van der Waals surface area (Å²) in [6, 6.07) is 20.3. The van der Waals surface area contributed by atoms with Crippen molar-refractivity contribution in [1.29, 1.82) is 0 Å². The Morgan fingerprint density at radius 2 is 1.71 bits per heavy atom. The number of rotatable bonds is 1. The molecular weight excluding hydrogens is 350 g/mol. The molecule has 0 radical (unpaired) electrons. The average Bonchev–Trinajstić information content (AvgIpc) is 3.11. The van der Waals surface area contributed by atoms with Crippen molar-refractivity contribution >= 4 is 28.2 Å². The van der Waals surface area contributed by atoms with E-state index in [-0.39, 0.29) is 0 Å². The zero-order chi connectivity index (χ0) is 18.7. The molecule has 138 valence electrons. The molecule has 2 aliphatic rings. The van der Waals surface area contributed by atoms with Gasteiger partial charge in [0.1, 0.15) is 11.3 Å². The first kappa shape index (κ1) is 15.6. The molecule has 6 rings (SSSR count). The Labute approximate surface area is 162 Å². The first-order chi connectivity index (χ1) is 13.8. The normalized spacial score (nSPS) is 14.7. The van der Waals surface area contributed by atoms with E-state index < -0.39 is 0 Å². The molecule has 0 saturated heterocycles. The van der Waals surface area contributed by atoms with E-state index >= 15 is 0 Å². The number of hydrogen-bond acceptors (Lipinski definition) is 4. The Kier molecular flexibility index (Phi) is 3.24. The van der Waals surface area contributed by atoms with Crippen LogP contribution in [-0.4, -0.2) is 6.61 Å². The highest BCUT2D eigenvalue weighted by atomic mass is 16.5. The fourth-order valence-electron chi connectivity index (χ4n) is 4.23. The maximum Gasteiger partial charge on any atom is 0.249 e. The molecule has 3 heterocycles. The number of fused-ring (bicyclic) bond motifs is 5. The summed E-state index contributed by atoms with van der Waals surface area (Å²) in [5.41, 5.74) is 5.31. The first-order valence-electron chi connectivity index (χ1n) is 9.65. The van der Waals surface area contributed by atoms with Gasteiger partial charge in [-0.1, -0.05) is 30.3 Å². The van der Waals surface area contributed by atoms with E-state index in [9.17, 15) is 0 Å². The Bertz CT molecular complexity index is 1220. The van der Waals surface area contributed by atoms with Crippen LogP contribution < -0.4 is 14.4 Å². The average molecular weight is 369 g/mol. The standard InChI is InChI=1S/C24H19NO3/c1-15-12-13-19(22-16(15)8-6-14-26-22)25-18-9-3-5-11-21(18)27-23-17-7-2-4-10-20(17)28-24(23)25/h2-5,7,9-13H,6,8,14H2,1H3. The third-order valence-electron chi connectivity index (χ3n) is 5.59. The van der Waals surface area contributed by atoms with Crippen molar-refractivity contribution in [1.82, 2.24) is 0 Å². The van der Waals surface area contributed by atoms with Crippen molar-refractivity contribution in [3.05, 3.63) is 71.8 Å². The third-order valence-corrected chi connectivity index (χ3v) is 5.59. The number of ether oxygens (including phenoxy) is 2.